The lowest BCUT2D eigenvalue weighted by molar-refractivity contribution is -0.147. The standard InChI is InChI=1S/C21H23NO6S/c1-27-19-9-5-6-16(12-19)13-21(24)28-14-20(23)22(17-7-3-2-4-8-17)18-10-11-29(25,26)15-18/h2-9,12,18H,10-11,13-15H2,1H3/t18-/m0/s1. The van der Waals surface area contributed by atoms with Crippen LogP contribution in [0.3, 0.4) is 0 Å². The molecule has 29 heavy (non-hydrogen) atoms. The second kappa shape index (κ2) is 9.09. The topological polar surface area (TPSA) is 90.0 Å². The minimum atomic E-state index is -3.17. The first-order valence-corrected chi connectivity index (χ1v) is 11.1. The molecule has 0 aromatic heterocycles. The Labute approximate surface area is 170 Å². The van der Waals surface area contributed by atoms with Crippen molar-refractivity contribution in [1.82, 2.24) is 0 Å². The number of amides is 1. The van der Waals surface area contributed by atoms with Gasteiger partial charge < -0.3 is 14.4 Å². The summed E-state index contributed by atoms with van der Waals surface area (Å²) in [4.78, 5) is 26.4. The summed E-state index contributed by atoms with van der Waals surface area (Å²) in [5.41, 5.74) is 1.30. The fraction of sp³-hybridized carbons (Fsp3) is 0.333. The van der Waals surface area contributed by atoms with Gasteiger partial charge in [0.05, 0.1) is 31.1 Å². The van der Waals surface area contributed by atoms with Crippen LogP contribution in [-0.4, -0.2) is 51.6 Å². The number of nitrogens with zero attached hydrogens (tertiary/aromatic N) is 1. The summed E-state index contributed by atoms with van der Waals surface area (Å²) in [6, 6.07) is 15.4. The molecule has 0 spiro atoms. The van der Waals surface area contributed by atoms with Crippen molar-refractivity contribution in [3.63, 3.8) is 0 Å². The first kappa shape index (κ1) is 20.9. The molecule has 0 N–H and O–H groups in total. The molecule has 2 aromatic carbocycles. The lowest BCUT2D eigenvalue weighted by atomic mass is 10.1. The van der Waals surface area contributed by atoms with Gasteiger partial charge in [0.2, 0.25) is 0 Å². The van der Waals surface area contributed by atoms with Crippen LogP contribution in [0.25, 0.3) is 0 Å². The van der Waals surface area contributed by atoms with Gasteiger partial charge in [-0.2, -0.15) is 0 Å². The van der Waals surface area contributed by atoms with Gasteiger partial charge in [0.1, 0.15) is 5.75 Å². The van der Waals surface area contributed by atoms with Gasteiger partial charge in [0, 0.05) is 5.69 Å². The maximum atomic E-state index is 12.8. The summed E-state index contributed by atoms with van der Waals surface area (Å²) in [5, 5.41) is 0. The van der Waals surface area contributed by atoms with E-state index in [9.17, 15) is 18.0 Å². The fourth-order valence-electron chi connectivity index (χ4n) is 3.34. The number of carbonyl (C=O) groups is 2. The van der Waals surface area contributed by atoms with Crippen molar-refractivity contribution in [3.8, 4) is 5.75 Å². The number of rotatable bonds is 7. The molecule has 8 heteroatoms. The molecule has 1 aliphatic heterocycles. The van der Waals surface area contributed by atoms with Gasteiger partial charge in [-0.25, -0.2) is 8.42 Å². The van der Waals surface area contributed by atoms with Gasteiger partial charge >= 0.3 is 5.97 Å². The average Bonchev–Trinajstić information content (AvgIpc) is 3.06. The van der Waals surface area contributed by atoms with Crippen molar-refractivity contribution in [3.05, 3.63) is 60.2 Å². The number of para-hydroxylation sites is 1. The van der Waals surface area contributed by atoms with E-state index in [1.807, 2.05) is 6.07 Å². The van der Waals surface area contributed by atoms with E-state index in [0.29, 0.717) is 23.4 Å². The van der Waals surface area contributed by atoms with Crippen LogP contribution in [-0.2, 0) is 30.6 Å². The van der Waals surface area contributed by atoms with Crippen LogP contribution in [0, 0.1) is 0 Å². The minimum absolute atomic E-state index is 0.00756. The van der Waals surface area contributed by atoms with Crippen LogP contribution < -0.4 is 9.64 Å². The van der Waals surface area contributed by atoms with Crippen molar-refractivity contribution in [1.29, 1.82) is 0 Å². The fourth-order valence-corrected chi connectivity index (χ4v) is 5.04. The smallest absolute Gasteiger partial charge is 0.310 e. The molecule has 0 aliphatic carbocycles. The summed E-state index contributed by atoms with van der Waals surface area (Å²) < 4.78 is 34.1. The number of benzene rings is 2. The highest BCUT2D eigenvalue weighted by Crippen LogP contribution is 2.24. The molecule has 0 unspecified atom stereocenters. The van der Waals surface area contributed by atoms with Crippen molar-refractivity contribution in [2.75, 3.05) is 30.1 Å². The molecule has 0 bridgehead atoms. The molecule has 0 saturated carbocycles. The first-order chi connectivity index (χ1) is 13.9. The Bertz CT molecular complexity index is 974. The number of sulfone groups is 1. The van der Waals surface area contributed by atoms with Crippen LogP contribution >= 0.6 is 0 Å². The molecule has 1 aliphatic rings. The number of carbonyl (C=O) groups excluding carboxylic acids is 2. The van der Waals surface area contributed by atoms with Gasteiger partial charge in [-0.15, -0.1) is 0 Å². The molecule has 1 saturated heterocycles. The predicted octanol–water partition coefficient (Wildman–Crippen LogP) is 2.00. The quantitative estimate of drug-likeness (QED) is 0.640. The number of hydrogen-bond acceptors (Lipinski definition) is 6. The van der Waals surface area contributed by atoms with E-state index in [1.165, 1.54) is 12.0 Å². The summed E-state index contributed by atoms with van der Waals surface area (Å²) in [6.45, 7) is -0.450. The third-order valence-electron chi connectivity index (χ3n) is 4.72. The zero-order valence-corrected chi connectivity index (χ0v) is 16.9. The molecular formula is C21H23NO6S. The summed E-state index contributed by atoms with van der Waals surface area (Å²) in [6.07, 6.45) is 0.369. The predicted molar refractivity (Wildman–Crippen MR) is 109 cm³/mol. The Hall–Kier alpha value is -2.87. The van der Waals surface area contributed by atoms with Gasteiger partial charge in [-0.3, -0.25) is 9.59 Å². The molecule has 1 heterocycles. The van der Waals surface area contributed by atoms with E-state index in [1.54, 1.807) is 48.5 Å². The minimum Gasteiger partial charge on any atom is -0.497 e. The van der Waals surface area contributed by atoms with Gasteiger partial charge in [-0.1, -0.05) is 30.3 Å². The number of ether oxygens (including phenoxy) is 2. The Morgan fingerprint density at radius 1 is 1.10 bits per heavy atom. The van der Waals surface area contributed by atoms with Gasteiger partial charge in [0.15, 0.2) is 16.4 Å². The van der Waals surface area contributed by atoms with E-state index in [4.69, 9.17) is 9.47 Å². The summed E-state index contributed by atoms with van der Waals surface area (Å²) in [5.74, 6) is -0.407. The normalized spacial score (nSPS) is 17.5. The Kier molecular flexibility index (Phi) is 6.53. The molecule has 7 nitrogen and oxygen atoms in total. The van der Waals surface area contributed by atoms with Crippen LogP contribution in [0.15, 0.2) is 54.6 Å². The molecular weight excluding hydrogens is 394 g/mol. The highest BCUT2D eigenvalue weighted by Gasteiger charge is 2.35. The number of hydrogen-bond donors (Lipinski definition) is 0. The molecule has 2 aromatic rings. The highest BCUT2D eigenvalue weighted by atomic mass is 32.2. The molecule has 154 valence electrons. The van der Waals surface area contributed by atoms with Crippen LogP contribution in [0.2, 0.25) is 0 Å². The first-order valence-electron chi connectivity index (χ1n) is 9.24. The van der Waals surface area contributed by atoms with Crippen molar-refractivity contribution in [2.45, 2.75) is 18.9 Å². The second-order valence-corrected chi connectivity index (χ2v) is 9.07. The lowest BCUT2D eigenvalue weighted by Crippen LogP contribution is -2.43. The van der Waals surface area contributed by atoms with E-state index < -0.39 is 34.4 Å². The Morgan fingerprint density at radius 3 is 2.52 bits per heavy atom. The number of anilines is 1. The molecule has 1 amide bonds. The van der Waals surface area contributed by atoms with E-state index in [0.717, 1.165) is 0 Å². The zero-order chi connectivity index (χ0) is 20.9. The van der Waals surface area contributed by atoms with Gasteiger partial charge in [0.25, 0.3) is 5.91 Å². The maximum Gasteiger partial charge on any atom is 0.310 e. The maximum absolute atomic E-state index is 12.8. The van der Waals surface area contributed by atoms with Crippen LogP contribution in [0.1, 0.15) is 12.0 Å². The zero-order valence-electron chi connectivity index (χ0n) is 16.1. The second-order valence-electron chi connectivity index (χ2n) is 6.85. The van der Waals surface area contributed by atoms with Gasteiger partial charge in [-0.05, 0) is 36.2 Å². The van der Waals surface area contributed by atoms with E-state index in [-0.39, 0.29) is 17.9 Å². The third-order valence-corrected chi connectivity index (χ3v) is 6.47. The lowest BCUT2D eigenvalue weighted by Gasteiger charge is -2.28. The largest absolute Gasteiger partial charge is 0.497 e. The Morgan fingerprint density at radius 2 is 1.86 bits per heavy atom. The molecule has 1 atom stereocenters. The van der Waals surface area contributed by atoms with Crippen molar-refractivity contribution in [2.24, 2.45) is 0 Å². The SMILES string of the molecule is COc1cccc(CC(=O)OCC(=O)N(c2ccccc2)[C@H]2CCS(=O)(=O)C2)c1. The average molecular weight is 417 g/mol. The molecule has 0 radical (unpaired) electrons. The summed E-state index contributed by atoms with van der Waals surface area (Å²) in [7, 11) is -1.63. The summed E-state index contributed by atoms with van der Waals surface area (Å²) >= 11 is 0. The van der Waals surface area contributed by atoms with Crippen molar-refractivity contribution >= 4 is 27.4 Å². The third kappa shape index (κ3) is 5.57. The Balaban J connectivity index is 1.66. The molecule has 3 rings (SSSR count). The van der Waals surface area contributed by atoms with E-state index >= 15 is 0 Å². The van der Waals surface area contributed by atoms with Crippen LogP contribution in [0.4, 0.5) is 5.69 Å². The number of methoxy groups -OCH3 is 1. The number of esters is 1. The van der Waals surface area contributed by atoms with E-state index in [2.05, 4.69) is 0 Å². The highest BCUT2D eigenvalue weighted by molar-refractivity contribution is 7.91. The molecule has 1 fully saturated rings. The monoisotopic (exact) mass is 417 g/mol. The van der Waals surface area contributed by atoms with Crippen molar-refractivity contribution < 1.29 is 27.5 Å². The van der Waals surface area contributed by atoms with Crippen LogP contribution in [0.5, 0.6) is 5.75 Å².